The number of nitrogens with two attached hydrogens (primary N) is 1. The highest BCUT2D eigenvalue weighted by molar-refractivity contribution is 5.78. The molecule has 0 aliphatic heterocycles. The molecule has 1 fully saturated rings. The van der Waals surface area contributed by atoms with Crippen molar-refractivity contribution in [3.05, 3.63) is 0 Å². The van der Waals surface area contributed by atoms with Gasteiger partial charge in [-0.05, 0) is 12.8 Å². The maximum Gasteiger partial charge on any atom is 0.417 e. The summed E-state index contributed by atoms with van der Waals surface area (Å²) in [6.07, 6.45) is -5.86. The van der Waals surface area contributed by atoms with Crippen LogP contribution < -0.4 is 5.73 Å². The first-order chi connectivity index (χ1) is 5.26. The molecule has 3 nitrogen and oxygen atoms in total. The summed E-state index contributed by atoms with van der Waals surface area (Å²) in [6.45, 7) is 0. The van der Waals surface area contributed by atoms with Crippen LogP contribution in [0.2, 0.25) is 0 Å². The molecule has 0 radical (unpaired) electrons. The third-order valence-electron chi connectivity index (χ3n) is 2.10. The number of carbonyl (C=O) groups is 1. The fraction of sp³-hybridized carbons (Fsp3) is 0.833. The van der Waals surface area contributed by atoms with Crippen LogP contribution in [-0.2, 0) is 4.79 Å². The van der Waals surface area contributed by atoms with Crippen molar-refractivity contribution < 1.29 is 23.1 Å². The second-order valence-corrected chi connectivity index (χ2v) is 3.04. The molecule has 1 amide bonds. The van der Waals surface area contributed by atoms with Crippen molar-refractivity contribution >= 4 is 5.91 Å². The normalized spacial score (nSPS) is 35.8. The van der Waals surface area contributed by atoms with E-state index < -0.39 is 36.4 Å². The van der Waals surface area contributed by atoms with Crippen LogP contribution in [0.25, 0.3) is 0 Å². The molecule has 12 heavy (non-hydrogen) atoms. The van der Waals surface area contributed by atoms with E-state index in [4.69, 9.17) is 10.8 Å². The van der Waals surface area contributed by atoms with Crippen LogP contribution in [0, 0.1) is 5.92 Å². The Morgan fingerprint density at radius 2 is 1.92 bits per heavy atom. The zero-order valence-corrected chi connectivity index (χ0v) is 6.06. The SMILES string of the molecule is NC(=O)C1CC(O)(C(F)(F)F)C1. The molecule has 6 heteroatoms. The molecule has 0 bridgehead atoms. The van der Waals surface area contributed by atoms with Gasteiger partial charge in [0, 0.05) is 5.92 Å². The number of halogens is 3. The molecule has 1 aliphatic rings. The summed E-state index contributed by atoms with van der Waals surface area (Å²) in [5, 5.41) is 8.83. The largest absolute Gasteiger partial charge is 0.417 e. The Kier molecular flexibility index (Phi) is 1.82. The average Bonchev–Trinajstić information content (AvgIpc) is 1.77. The van der Waals surface area contributed by atoms with Crippen molar-refractivity contribution in [2.45, 2.75) is 24.6 Å². The molecule has 3 N–H and O–H groups in total. The molecule has 70 valence electrons. The maximum absolute atomic E-state index is 11.9. The predicted molar refractivity (Wildman–Crippen MR) is 32.9 cm³/mol. The quantitative estimate of drug-likeness (QED) is 0.608. The standard InChI is InChI=1S/C6H8F3NO2/c7-6(8,9)5(12)1-3(2-5)4(10)11/h3,12H,1-2H2,(H2,10,11). The minimum absolute atomic E-state index is 0.605. The Labute approximate surface area is 66.4 Å². The lowest BCUT2D eigenvalue weighted by molar-refractivity contribution is -0.295. The first kappa shape index (κ1) is 9.31. The van der Waals surface area contributed by atoms with Crippen LogP contribution >= 0.6 is 0 Å². The van der Waals surface area contributed by atoms with Crippen LogP contribution in [0.5, 0.6) is 0 Å². The number of rotatable bonds is 1. The summed E-state index contributed by atoms with van der Waals surface area (Å²) in [6, 6.07) is 0. The van der Waals surface area contributed by atoms with Gasteiger partial charge in [-0.3, -0.25) is 4.79 Å². The lowest BCUT2D eigenvalue weighted by Crippen LogP contribution is -2.58. The van der Waals surface area contributed by atoms with Gasteiger partial charge in [-0.1, -0.05) is 0 Å². The molecule has 1 aliphatic carbocycles. The van der Waals surface area contributed by atoms with Gasteiger partial charge in [-0.2, -0.15) is 13.2 Å². The van der Waals surface area contributed by atoms with Gasteiger partial charge in [-0.25, -0.2) is 0 Å². The predicted octanol–water partition coefficient (Wildman–Crippen LogP) is 0.175. The van der Waals surface area contributed by atoms with Crippen LogP contribution in [0.4, 0.5) is 13.2 Å². The highest BCUT2D eigenvalue weighted by Gasteiger charge is 2.62. The average molecular weight is 183 g/mol. The number of amides is 1. The highest BCUT2D eigenvalue weighted by Crippen LogP contribution is 2.48. The summed E-state index contributed by atoms with van der Waals surface area (Å²) < 4.78 is 35.8. The van der Waals surface area contributed by atoms with E-state index in [1.165, 1.54) is 0 Å². The van der Waals surface area contributed by atoms with E-state index in [1.54, 1.807) is 0 Å². The second-order valence-electron chi connectivity index (χ2n) is 3.04. The Morgan fingerprint density at radius 1 is 1.50 bits per heavy atom. The van der Waals surface area contributed by atoms with Crippen molar-refractivity contribution in [2.75, 3.05) is 0 Å². The van der Waals surface area contributed by atoms with Gasteiger partial charge < -0.3 is 10.8 Å². The molecule has 0 heterocycles. The van der Waals surface area contributed by atoms with Crippen molar-refractivity contribution in [2.24, 2.45) is 11.7 Å². The van der Waals surface area contributed by atoms with Gasteiger partial charge in [0.05, 0.1) is 0 Å². The van der Waals surface area contributed by atoms with E-state index in [0.29, 0.717) is 0 Å². The minimum atomic E-state index is -4.65. The molecule has 1 rings (SSSR count). The smallest absolute Gasteiger partial charge is 0.380 e. The summed E-state index contributed by atoms with van der Waals surface area (Å²) >= 11 is 0. The Hall–Kier alpha value is -0.780. The summed E-state index contributed by atoms with van der Waals surface area (Å²) in [5.41, 5.74) is 2.06. The Morgan fingerprint density at radius 3 is 2.17 bits per heavy atom. The lowest BCUT2D eigenvalue weighted by Gasteiger charge is -2.42. The molecule has 0 atom stereocenters. The summed E-state index contributed by atoms with van der Waals surface area (Å²) in [4.78, 5) is 10.3. The van der Waals surface area contributed by atoms with Gasteiger partial charge in [0.2, 0.25) is 5.91 Å². The Balaban J connectivity index is 2.57. The Bertz CT molecular complexity index is 207. The molecule has 0 aromatic carbocycles. The molecular formula is C6H8F3NO2. The third-order valence-corrected chi connectivity index (χ3v) is 2.10. The number of carbonyl (C=O) groups excluding carboxylic acids is 1. The fourth-order valence-electron chi connectivity index (χ4n) is 1.19. The van der Waals surface area contributed by atoms with E-state index >= 15 is 0 Å². The van der Waals surface area contributed by atoms with E-state index in [9.17, 15) is 18.0 Å². The van der Waals surface area contributed by atoms with Gasteiger partial charge in [0.15, 0.2) is 5.60 Å². The molecule has 1 saturated carbocycles. The van der Waals surface area contributed by atoms with Gasteiger partial charge >= 0.3 is 6.18 Å². The van der Waals surface area contributed by atoms with Crippen LogP contribution in [0.15, 0.2) is 0 Å². The first-order valence-corrected chi connectivity index (χ1v) is 3.35. The fourth-order valence-corrected chi connectivity index (χ4v) is 1.19. The molecule has 0 aromatic heterocycles. The van der Waals surface area contributed by atoms with Crippen LogP contribution in [0.1, 0.15) is 12.8 Å². The van der Waals surface area contributed by atoms with Gasteiger partial charge in [0.25, 0.3) is 0 Å². The van der Waals surface area contributed by atoms with E-state index in [2.05, 4.69) is 0 Å². The third kappa shape index (κ3) is 1.26. The van der Waals surface area contributed by atoms with Crippen molar-refractivity contribution in [1.82, 2.24) is 0 Å². The lowest BCUT2D eigenvalue weighted by atomic mass is 9.70. The van der Waals surface area contributed by atoms with E-state index in [1.807, 2.05) is 0 Å². The van der Waals surface area contributed by atoms with Crippen molar-refractivity contribution in [3.63, 3.8) is 0 Å². The summed E-state index contributed by atoms with van der Waals surface area (Å²) in [5.74, 6) is -1.62. The highest BCUT2D eigenvalue weighted by atomic mass is 19.4. The van der Waals surface area contributed by atoms with Crippen molar-refractivity contribution in [3.8, 4) is 0 Å². The number of hydrogen-bond donors (Lipinski definition) is 2. The number of alkyl halides is 3. The molecule has 0 spiro atoms. The first-order valence-electron chi connectivity index (χ1n) is 3.35. The zero-order valence-electron chi connectivity index (χ0n) is 6.06. The number of aliphatic hydroxyl groups is 1. The maximum atomic E-state index is 11.9. The number of hydrogen-bond acceptors (Lipinski definition) is 2. The monoisotopic (exact) mass is 183 g/mol. The molecule has 0 saturated heterocycles. The molecule has 0 aromatic rings. The molecular weight excluding hydrogens is 175 g/mol. The van der Waals surface area contributed by atoms with E-state index in [0.717, 1.165) is 0 Å². The van der Waals surface area contributed by atoms with Crippen molar-refractivity contribution in [1.29, 1.82) is 0 Å². The van der Waals surface area contributed by atoms with E-state index in [-0.39, 0.29) is 0 Å². The number of primary amides is 1. The minimum Gasteiger partial charge on any atom is -0.380 e. The topological polar surface area (TPSA) is 63.3 Å². The van der Waals surface area contributed by atoms with Crippen LogP contribution in [0.3, 0.4) is 0 Å². The van der Waals surface area contributed by atoms with Gasteiger partial charge in [-0.15, -0.1) is 0 Å². The van der Waals surface area contributed by atoms with Gasteiger partial charge in [0.1, 0.15) is 0 Å². The van der Waals surface area contributed by atoms with Crippen LogP contribution in [-0.4, -0.2) is 22.8 Å². The molecule has 0 unspecified atom stereocenters. The zero-order chi connectivity index (χ0) is 9.57. The second kappa shape index (κ2) is 2.35. The summed E-state index contributed by atoms with van der Waals surface area (Å²) in [7, 11) is 0.